The summed E-state index contributed by atoms with van der Waals surface area (Å²) >= 11 is 6.23. The molecule has 1 N–H and O–H groups in total. The predicted octanol–water partition coefficient (Wildman–Crippen LogP) is 3.61. The number of amides is 2. The van der Waals surface area contributed by atoms with E-state index in [2.05, 4.69) is 5.32 Å². The van der Waals surface area contributed by atoms with Crippen molar-refractivity contribution in [3.8, 4) is 5.75 Å². The van der Waals surface area contributed by atoms with Crippen molar-refractivity contribution in [3.05, 3.63) is 53.1 Å². The highest BCUT2D eigenvalue weighted by atomic mass is 35.5. The first kappa shape index (κ1) is 16.0. The summed E-state index contributed by atoms with van der Waals surface area (Å²) in [6, 6.07) is 12.8. The number of carbonyl (C=O) groups excluding carboxylic acids is 2. The van der Waals surface area contributed by atoms with Crippen LogP contribution in [0.4, 0.5) is 11.4 Å². The van der Waals surface area contributed by atoms with Crippen LogP contribution in [0, 0.1) is 5.92 Å². The molecule has 0 bridgehead atoms. The highest BCUT2D eigenvalue weighted by Gasteiger charge is 2.30. The topological polar surface area (TPSA) is 58.6 Å². The van der Waals surface area contributed by atoms with E-state index in [9.17, 15) is 9.59 Å². The van der Waals surface area contributed by atoms with Crippen LogP contribution >= 0.6 is 11.6 Å². The van der Waals surface area contributed by atoms with Crippen LogP contribution in [0.3, 0.4) is 0 Å². The zero-order valence-corrected chi connectivity index (χ0v) is 14.3. The van der Waals surface area contributed by atoms with Gasteiger partial charge in [-0.3, -0.25) is 9.59 Å². The third kappa shape index (κ3) is 3.33. The van der Waals surface area contributed by atoms with E-state index in [1.807, 2.05) is 18.2 Å². The van der Waals surface area contributed by atoms with Gasteiger partial charge in [0.2, 0.25) is 5.91 Å². The van der Waals surface area contributed by atoms with Gasteiger partial charge in [-0.1, -0.05) is 29.8 Å². The number of hydrogen-bond acceptors (Lipinski definition) is 3. The summed E-state index contributed by atoms with van der Waals surface area (Å²) in [5.41, 5.74) is 2.17. The Hall–Kier alpha value is -2.53. The SMILES string of the molecule is O=C(Nc1ccc2c(c1)N(Cc1ccccc1Cl)C(=O)CO2)C1CC1. The van der Waals surface area contributed by atoms with E-state index in [1.165, 1.54) is 0 Å². The van der Waals surface area contributed by atoms with Gasteiger partial charge in [0.1, 0.15) is 5.75 Å². The Labute approximate surface area is 150 Å². The Kier molecular flexibility index (Phi) is 4.09. The van der Waals surface area contributed by atoms with Gasteiger partial charge < -0.3 is 15.0 Å². The fraction of sp³-hybridized carbons (Fsp3) is 0.263. The fourth-order valence-electron chi connectivity index (χ4n) is 2.84. The number of benzene rings is 2. The van der Waals surface area contributed by atoms with Crippen molar-refractivity contribution >= 4 is 34.8 Å². The molecule has 1 saturated carbocycles. The maximum Gasteiger partial charge on any atom is 0.265 e. The molecule has 2 amide bonds. The first-order valence-corrected chi connectivity index (χ1v) is 8.61. The van der Waals surface area contributed by atoms with Gasteiger partial charge >= 0.3 is 0 Å². The Morgan fingerprint density at radius 2 is 2.04 bits per heavy atom. The Morgan fingerprint density at radius 3 is 2.80 bits per heavy atom. The molecule has 0 saturated heterocycles. The van der Waals surface area contributed by atoms with Crippen LogP contribution < -0.4 is 15.0 Å². The second-order valence-corrected chi connectivity index (χ2v) is 6.71. The maximum absolute atomic E-state index is 12.4. The first-order chi connectivity index (χ1) is 12.1. The van der Waals surface area contributed by atoms with E-state index in [0.29, 0.717) is 28.7 Å². The van der Waals surface area contributed by atoms with E-state index in [0.717, 1.165) is 18.4 Å². The number of nitrogens with one attached hydrogen (secondary N) is 1. The molecule has 1 aliphatic heterocycles. The average molecular weight is 357 g/mol. The average Bonchev–Trinajstić information content (AvgIpc) is 3.44. The third-order valence-corrected chi connectivity index (χ3v) is 4.77. The van der Waals surface area contributed by atoms with Crippen LogP contribution in [0.5, 0.6) is 5.75 Å². The van der Waals surface area contributed by atoms with Gasteiger partial charge in [0.25, 0.3) is 5.91 Å². The summed E-state index contributed by atoms with van der Waals surface area (Å²) in [4.78, 5) is 26.0. The summed E-state index contributed by atoms with van der Waals surface area (Å²) in [6.07, 6.45) is 1.88. The molecular weight excluding hydrogens is 340 g/mol. The molecule has 0 aromatic heterocycles. The molecule has 1 fully saturated rings. The van der Waals surface area contributed by atoms with Crippen LogP contribution in [0.2, 0.25) is 5.02 Å². The zero-order valence-electron chi connectivity index (χ0n) is 13.5. The summed E-state index contributed by atoms with van der Waals surface area (Å²) in [6.45, 7) is 0.347. The van der Waals surface area contributed by atoms with Crippen molar-refractivity contribution in [1.29, 1.82) is 0 Å². The molecule has 0 radical (unpaired) electrons. The number of nitrogens with zero attached hydrogens (tertiary/aromatic N) is 1. The lowest BCUT2D eigenvalue weighted by Gasteiger charge is -2.30. The summed E-state index contributed by atoms with van der Waals surface area (Å²) in [7, 11) is 0. The highest BCUT2D eigenvalue weighted by molar-refractivity contribution is 6.31. The molecule has 128 valence electrons. The number of rotatable bonds is 4. The first-order valence-electron chi connectivity index (χ1n) is 8.23. The van der Waals surface area contributed by atoms with Crippen molar-refractivity contribution in [3.63, 3.8) is 0 Å². The smallest absolute Gasteiger partial charge is 0.265 e. The molecule has 2 aromatic rings. The third-order valence-electron chi connectivity index (χ3n) is 4.40. The number of anilines is 2. The minimum Gasteiger partial charge on any atom is -0.482 e. The fourth-order valence-corrected chi connectivity index (χ4v) is 3.04. The summed E-state index contributed by atoms with van der Waals surface area (Å²) in [5.74, 6) is 0.628. The molecule has 5 nitrogen and oxygen atoms in total. The standard InChI is InChI=1S/C19H17ClN2O3/c20-15-4-2-1-3-13(15)10-22-16-9-14(21-19(24)12-5-6-12)7-8-17(16)25-11-18(22)23/h1-4,7-9,12H,5-6,10-11H2,(H,21,24). The van der Waals surface area contributed by atoms with Crippen LogP contribution in [0.1, 0.15) is 18.4 Å². The van der Waals surface area contributed by atoms with E-state index in [1.54, 1.807) is 29.2 Å². The van der Waals surface area contributed by atoms with Crippen LogP contribution in [-0.4, -0.2) is 18.4 Å². The lowest BCUT2D eigenvalue weighted by molar-refractivity contribution is -0.121. The monoisotopic (exact) mass is 356 g/mol. The van der Waals surface area contributed by atoms with E-state index in [4.69, 9.17) is 16.3 Å². The van der Waals surface area contributed by atoms with Gasteiger partial charge in [0, 0.05) is 16.6 Å². The van der Waals surface area contributed by atoms with Crippen molar-refractivity contribution in [2.45, 2.75) is 19.4 Å². The van der Waals surface area contributed by atoms with Gasteiger partial charge in [0.15, 0.2) is 6.61 Å². The molecule has 1 aliphatic carbocycles. The molecule has 0 atom stereocenters. The minimum absolute atomic E-state index is 0.00870. The summed E-state index contributed by atoms with van der Waals surface area (Å²) < 4.78 is 5.52. The number of ether oxygens (including phenoxy) is 1. The number of carbonyl (C=O) groups is 2. The molecular formula is C19H17ClN2O3. The minimum atomic E-state index is -0.141. The van der Waals surface area contributed by atoms with Gasteiger partial charge in [-0.15, -0.1) is 0 Å². The Bertz CT molecular complexity index is 848. The number of hydrogen-bond donors (Lipinski definition) is 1. The van der Waals surface area contributed by atoms with Gasteiger partial charge in [-0.2, -0.15) is 0 Å². The quantitative estimate of drug-likeness (QED) is 0.910. The molecule has 0 spiro atoms. The largest absolute Gasteiger partial charge is 0.482 e. The van der Waals surface area contributed by atoms with Crippen molar-refractivity contribution in [2.75, 3.05) is 16.8 Å². The Morgan fingerprint density at radius 1 is 1.24 bits per heavy atom. The van der Waals surface area contributed by atoms with E-state index < -0.39 is 0 Å². The second kappa shape index (κ2) is 6.41. The van der Waals surface area contributed by atoms with Gasteiger partial charge in [-0.25, -0.2) is 0 Å². The maximum atomic E-state index is 12.4. The van der Waals surface area contributed by atoms with Gasteiger partial charge in [0.05, 0.1) is 12.2 Å². The van der Waals surface area contributed by atoms with Crippen molar-refractivity contribution in [2.24, 2.45) is 5.92 Å². The van der Waals surface area contributed by atoms with Crippen molar-refractivity contribution < 1.29 is 14.3 Å². The van der Waals surface area contributed by atoms with E-state index >= 15 is 0 Å². The lowest BCUT2D eigenvalue weighted by atomic mass is 10.1. The molecule has 25 heavy (non-hydrogen) atoms. The van der Waals surface area contributed by atoms with Crippen LogP contribution in [-0.2, 0) is 16.1 Å². The molecule has 2 aliphatic rings. The normalized spacial score (nSPS) is 16.2. The van der Waals surface area contributed by atoms with Crippen LogP contribution in [0.15, 0.2) is 42.5 Å². The molecule has 4 rings (SSSR count). The Balaban J connectivity index is 1.63. The van der Waals surface area contributed by atoms with Crippen molar-refractivity contribution in [1.82, 2.24) is 0 Å². The van der Waals surface area contributed by atoms with E-state index in [-0.39, 0.29) is 24.3 Å². The molecule has 0 unspecified atom stereocenters. The number of halogens is 1. The van der Waals surface area contributed by atoms with Gasteiger partial charge in [-0.05, 0) is 42.7 Å². The molecule has 2 aromatic carbocycles. The highest BCUT2D eigenvalue weighted by Crippen LogP contribution is 2.37. The molecule has 6 heteroatoms. The number of fused-ring (bicyclic) bond motifs is 1. The predicted molar refractivity (Wildman–Crippen MR) is 95.9 cm³/mol. The second-order valence-electron chi connectivity index (χ2n) is 6.31. The lowest BCUT2D eigenvalue weighted by Crippen LogP contribution is -2.38. The summed E-state index contributed by atoms with van der Waals surface area (Å²) in [5, 5.41) is 3.52. The molecule has 1 heterocycles. The zero-order chi connectivity index (χ0) is 17.4. The van der Waals surface area contributed by atoms with Crippen LogP contribution in [0.25, 0.3) is 0 Å².